The van der Waals surface area contributed by atoms with Gasteiger partial charge in [-0.2, -0.15) is 0 Å². The fourth-order valence-corrected chi connectivity index (χ4v) is 3.50. The lowest BCUT2D eigenvalue weighted by atomic mass is 10.1. The zero-order chi connectivity index (χ0) is 21.4. The molecule has 0 amide bonds. The van der Waals surface area contributed by atoms with E-state index >= 15 is 0 Å². The van der Waals surface area contributed by atoms with Crippen LogP contribution < -0.4 is 9.64 Å². The average molecular weight is 424 g/mol. The molecule has 158 valence electrons. The molecule has 2 aromatic rings. The smallest absolute Gasteiger partial charge is 0.335 e. The second kappa shape index (κ2) is 11.0. The Balaban J connectivity index is 2.59. The van der Waals surface area contributed by atoms with Crippen molar-refractivity contribution in [2.24, 2.45) is 0 Å². The summed E-state index contributed by atoms with van der Waals surface area (Å²) in [5, 5.41) is 9.55. The first-order chi connectivity index (χ1) is 13.9. The number of benzene rings is 2. The number of anilines is 1. The maximum atomic E-state index is 14.2. The Morgan fingerprint density at radius 1 is 1.10 bits per heavy atom. The minimum Gasteiger partial charge on any atom is -0.478 e. The van der Waals surface area contributed by atoms with Crippen LogP contribution in [-0.4, -0.2) is 30.4 Å². The SMILES string of the molecule is CCCCN(CCCC)c1cc(C(=O)O)cc(SC)c1Oc1ccc(F)cc1F. The third kappa shape index (κ3) is 6.10. The molecule has 0 unspecified atom stereocenters. The number of carbonyl (C=O) groups is 1. The van der Waals surface area contributed by atoms with E-state index in [4.69, 9.17) is 4.74 Å². The van der Waals surface area contributed by atoms with Crippen molar-refractivity contribution in [1.82, 2.24) is 0 Å². The predicted octanol–water partition coefficient (Wildman–Crippen LogP) is 6.58. The zero-order valence-corrected chi connectivity index (χ0v) is 17.8. The molecule has 0 fully saturated rings. The molecule has 29 heavy (non-hydrogen) atoms. The molecule has 7 heteroatoms. The minimum atomic E-state index is -1.04. The second-order valence-electron chi connectivity index (χ2n) is 6.70. The van der Waals surface area contributed by atoms with Gasteiger partial charge in [0.15, 0.2) is 17.3 Å². The van der Waals surface area contributed by atoms with Gasteiger partial charge >= 0.3 is 5.97 Å². The van der Waals surface area contributed by atoms with Gasteiger partial charge in [0.25, 0.3) is 0 Å². The number of carboxylic acid groups (broad SMARTS) is 1. The molecule has 0 heterocycles. The van der Waals surface area contributed by atoms with Crippen molar-refractivity contribution >= 4 is 23.4 Å². The number of carboxylic acids is 1. The predicted molar refractivity (Wildman–Crippen MR) is 114 cm³/mol. The fraction of sp³-hybridized carbons (Fsp3) is 0.409. The van der Waals surface area contributed by atoms with Crippen LogP contribution >= 0.6 is 11.8 Å². The molecule has 0 bridgehead atoms. The van der Waals surface area contributed by atoms with E-state index in [0.717, 1.165) is 50.9 Å². The van der Waals surface area contributed by atoms with Gasteiger partial charge in [-0.25, -0.2) is 13.6 Å². The van der Waals surface area contributed by atoms with E-state index in [-0.39, 0.29) is 11.3 Å². The molecule has 0 aliphatic rings. The van der Waals surface area contributed by atoms with E-state index in [0.29, 0.717) is 16.3 Å². The van der Waals surface area contributed by atoms with Crippen LogP contribution in [0.2, 0.25) is 0 Å². The molecule has 4 nitrogen and oxygen atoms in total. The third-order valence-corrected chi connectivity index (χ3v) is 5.25. The molecule has 0 radical (unpaired) electrons. The van der Waals surface area contributed by atoms with E-state index in [1.807, 2.05) is 0 Å². The summed E-state index contributed by atoms with van der Waals surface area (Å²) >= 11 is 1.32. The Labute approximate surface area is 174 Å². The Morgan fingerprint density at radius 3 is 2.28 bits per heavy atom. The molecule has 0 spiro atoms. The molecular formula is C22H27F2NO3S. The molecule has 2 rings (SSSR count). The van der Waals surface area contributed by atoms with Crippen molar-refractivity contribution in [3.63, 3.8) is 0 Å². The molecule has 0 saturated heterocycles. The van der Waals surface area contributed by atoms with Gasteiger partial charge in [-0.1, -0.05) is 26.7 Å². The number of halogens is 2. The molecular weight excluding hydrogens is 396 g/mol. The van der Waals surface area contributed by atoms with E-state index in [2.05, 4.69) is 18.7 Å². The number of rotatable bonds is 11. The Kier molecular flexibility index (Phi) is 8.76. The van der Waals surface area contributed by atoms with Crippen LogP contribution in [0.5, 0.6) is 11.5 Å². The van der Waals surface area contributed by atoms with Gasteiger partial charge in [-0.15, -0.1) is 11.8 Å². The highest BCUT2D eigenvalue weighted by atomic mass is 32.2. The van der Waals surface area contributed by atoms with Crippen LogP contribution in [0.15, 0.2) is 35.2 Å². The fourth-order valence-electron chi connectivity index (χ4n) is 2.92. The second-order valence-corrected chi connectivity index (χ2v) is 7.55. The average Bonchev–Trinajstić information content (AvgIpc) is 2.70. The summed E-state index contributed by atoms with van der Waals surface area (Å²) in [6.45, 7) is 5.64. The van der Waals surface area contributed by atoms with E-state index in [1.165, 1.54) is 23.9 Å². The maximum absolute atomic E-state index is 14.2. The van der Waals surface area contributed by atoms with Crippen molar-refractivity contribution < 1.29 is 23.4 Å². The highest BCUT2D eigenvalue weighted by molar-refractivity contribution is 7.98. The van der Waals surface area contributed by atoms with Crippen LogP contribution in [0.4, 0.5) is 14.5 Å². The third-order valence-electron chi connectivity index (χ3n) is 4.51. The monoisotopic (exact) mass is 423 g/mol. The molecule has 0 aliphatic heterocycles. The van der Waals surface area contributed by atoms with Crippen molar-refractivity contribution in [3.05, 3.63) is 47.5 Å². The number of nitrogens with zero attached hydrogens (tertiary/aromatic N) is 1. The molecule has 0 saturated carbocycles. The van der Waals surface area contributed by atoms with Gasteiger partial charge in [0, 0.05) is 19.2 Å². The molecule has 0 atom stereocenters. The van der Waals surface area contributed by atoms with Crippen molar-refractivity contribution in [3.8, 4) is 11.5 Å². The van der Waals surface area contributed by atoms with Crippen molar-refractivity contribution in [2.45, 2.75) is 44.4 Å². The lowest BCUT2D eigenvalue weighted by molar-refractivity contribution is 0.0696. The van der Waals surface area contributed by atoms with Gasteiger partial charge in [-0.05, 0) is 43.4 Å². The maximum Gasteiger partial charge on any atom is 0.335 e. The molecule has 0 aliphatic carbocycles. The van der Waals surface area contributed by atoms with E-state index in [9.17, 15) is 18.7 Å². The quantitative estimate of drug-likeness (QED) is 0.414. The summed E-state index contributed by atoms with van der Waals surface area (Å²) < 4.78 is 33.4. The molecule has 0 aromatic heterocycles. The Hall–Kier alpha value is -2.28. The van der Waals surface area contributed by atoms with Gasteiger partial charge in [0.1, 0.15) is 5.82 Å². The number of hydrogen-bond acceptors (Lipinski definition) is 4. The van der Waals surface area contributed by atoms with E-state index in [1.54, 1.807) is 12.3 Å². The highest BCUT2D eigenvalue weighted by Crippen LogP contribution is 2.42. The molecule has 2 aromatic carbocycles. The summed E-state index contributed by atoms with van der Waals surface area (Å²) in [7, 11) is 0. The summed E-state index contributed by atoms with van der Waals surface area (Å²) in [6, 6.07) is 6.24. The Bertz CT molecular complexity index is 837. The highest BCUT2D eigenvalue weighted by Gasteiger charge is 2.21. The summed E-state index contributed by atoms with van der Waals surface area (Å²) in [5.74, 6) is -2.24. The zero-order valence-electron chi connectivity index (χ0n) is 17.0. The van der Waals surface area contributed by atoms with Crippen molar-refractivity contribution in [2.75, 3.05) is 24.2 Å². The number of unbranched alkanes of at least 4 members (excludes halogenated alkanes) is 2. The van der Waals surface area contributed by atoms with Gasteiger partial charge in [-0.3, -0.25) is 0 Å². The minimum absolute atomic E-state index is 0.100. The number of ether oxygens (including phenoxy) is 1. The first kappa shape index (κ1) is 23.0. The number of hydrogen-bond donors (Lipinski definition) is 1. The number of thioether (sulfide) groups is 1. The summed E-state index contributed by atoms with van der Waals surface area (Å²) in [6.07, 6.45) is 5.64. The van der Waals surface area contributed by atoms with Crippen LogP contribution in [0, 0.1) is 11.6 Å². The lowest BCUT2D eigenvalue weighted by Crippen LogP contribution is -2.26. The first-order valence-electron chi connectivity index (χ1n) is 9.74. The van der Waals surface area contributed by atoms with Crippen LogP contribution in [0.3, 0.4) is 0 Å². The summed E-state index contributed by atoms with van der Waals surface area (Å²) in [5.41, 5.74) is 0.758. The number of aromatic carboxylic acids is 1. The normalized spacial score (nSPS) is 10.8. The largest absolute Gasteiger partial charge is 0.478 e. The van der Waals surface area contributed by atoms with E-state index < -0.39 is 17.6 Å². The Morgan fingerprint density at radius 2 is 1.76 bits per heavy atom. The van der Waals surface area contributed by atoms with Crippen LogP contribution in [0.1, 0.15) is 49.9 Å². The lowest BCUT2D eigenvalue weighted by Gasteiger charge is -2.28. The van der Waals surface area contributed by atoms with Crippen LogP contribution in [0.25, 0.3) is 0 Å². The standard InChI is InChI=1S/C22H27F2NO3S/c1-4-6-10-25(11-7-5-2)18-12-15(22(26)27)13-20(29-3)21(18)28-19-9-8-16(23)14-17(19)24/h8-9,12-14H,4-7,10-11H2,1-3H3,(H,26,27). The summed E-state index contributed by atoms with van der Waals surface area (Å²) in [4.78, 5) is 14.3. The van der Waals surface area contributed by atoms with Gasteiger partial charge < -0.3 is 14.7 Å². The van der Waals surface area contributed by atoms with Crippen molar-refractivity contribution in [1.29, 1.82) is 0 Å². The van der Waals surface area contributed by atoms with Crippen LogP contribution in [-0.2, 0) is 0 Å². The van der Waals surface area contributed by atoms with Gasteiger partial charge in [0.05, 0.1) is 16.1 Å². The molecule has 1 N–H and O–H groups in total. The van der Waals surface area contributed by atoms with Gasteiger partial charge in [0.2, 0.25) is 0 Å². The topological polar surface area (TPSA) is 49.8 Å². The first-order valence-corrected chi connectivity index (χ1v) is 11.0.